The van der Waals surface area contributed by atoms with Crippen LogP contribution in [0.2, 0.25) is 5.02 Å². The first-order valence-electron chi connectivity index (χ1n) is 11.1. The van der Waals surface area contributed by atoms with Crippen LogP contribution in [-0.2, 0) is 6.42 Å². The summed E-state index contributed by atoms with van der Waals surface area (Å²) in [4.78, 5) is 21.5. The first kappa shape index (κ1) is 22.7. The highest BCUT2D eigenvalue weighted by atomic mass is 35.5. The zero-order chi connectivity index (χ0) is 24.2. The molecule has 1 amide bonds. The number of benzene rings is 2. The van der Waals surface area contributed by atoms with Crippen LogP contribution < -0.4 is 19.5 Å². The monoisotopic (exact) mass is 487 g/mol. The van der Waals surface area contributed by atoms with Crippen molar-refractivity contribution in [1.82, 2.24) is 9.97 Å². The highest BCUT2D eigenvalue weighted by Crippen LogP contribution is 2.37. The Morgan fingerprint density at radius 2 is 1.94 bits per heavy atom. The minimum absolute atomic E-state index is 0.283. The molecule has 5 rings (SSSR count). The third-order valence-electron chi connectivity index (χ3n) is 5.54. The van der Waals surface area contributed by atoms with Crippen molar-refractivity contribution in [3.05, 3.63) is 89.1 Å². The van der Waals surface area contributed by atoms with Crippen LogP contribution in [-0.4, -0.2) is 29.6 Å². The van der Waals surface area contributed by atoms with Crippen molar-refractivity contribution < 1.29 is 19.0 Å². The Labute approximate surface area is 207 Å². The molecule has 7 nitrogen and oxygen atoms in total. The van der Waals surface area contributed by atoms with Crippen molar-refractivity contribution in [2.24, 2.45) is 0 Å². The summed E-state index contributed by atoms with van der Waals surface area (Å²) < 4.78 is 16.7. The van der Waals surface area contributed by atoms with E-state index in [0.717, 1.165) is 29.7 Å². The van der Waals surface area contributed by atoms with Gasteiger partial charge < -0.3 is 19.5 Å². The molecule has 0 spiro atoms. The van der Waals surface area contributed by atoms with E-state index < -0.39 is 0 Å². The van der Waals surface area contributed by atoms with Gasteiger partial charge in [0.25, 0.3) is 5.91 Å². The predicted octanol–water partition coefficient (Wildman–Crippen LogP) is 6.18. The molecule has 35 heavy (non-hydrogen) atoms. The van der Waals surface area contributed by atoms with E-state index in [0.29, 0.717) is 46.1 Å². The van der Waals surface area contributed by atoms with Crippen LogP contribution in [0.5, 0.6) is 23.1 Å². The Balaban J connectivity index is 1.26. The molecule has 176 valence electrons. The number of methoxy groups -OCH3 is 1. The molecule has 3 heterocycles. The van der Waals surface area contributed by atoms with Crippen molar-refractivity contribution in [2.45, 2.75) is 12.8 Å². The van der Waals surface area contributed by atoms with Gasteiger partial charge in [0.15, 0.2) is 0 Å². The number of anilines is 1. The van der Waals surface area contributed by atoms with Gasteiger partial charge in [0.05, 0.1) is 24.4 Å². The van der Waals surface area contributed by atoms with Gasteiger partial charge in [0.1, 0.15) is 23.1 Å². The molecule has 0 atom stereocenters. The van der Waals surface area contributed by atoms with Crippen LogP contribution in [0.15, 0.2) is 72.9 Å². The maximum Gasteiger partial charge on any atom is 0.256 e. The number of nitrogens with one attached hydrogen (secondary N) is 1. The minimum Gasteiger partial charge on any atom is -0.493 e. The number of amides is 1. The Bertz CT molecular complexity index is 1360. The third-order valence-corrected chi connectivity index (χ3v) is 5.83. The largest absolute Gasteiger partial charge is 0.493 e. The van der Waals surface area contributed by atoms with Crippen molar-refractivity contribution in [1.29, 1.82) is 0 Å². The van der Waals surface area contributed by atoms with E-state index in [2.05, 4.69) is 15.3 Å². The van der Waals surface area contributed by atoms with E-state index in [1.54, 1.807) is 49.7 Å². The Morgan fingerprint density at radius 3 is 2.71 bits per heavy atom. The number of hydrogen-bond acceptors (Lipinski definition) is 6. The van der Waals surface area contributed by atoms with Crippen molar-refractivity contribution in [3.63, 3.8) is 0 Å². The lowest BCUT2D eigenvalue weighted by atomic mass is 10.1. The molecule has 0 saturated carbocycles. The Morgan fingerprint density at radius 1 is 1.09 bits per heavy atom. The number of aryl methyl sites for hydroxylation is 1. The molecule has 2 aromatic carbocycles. The first-order valence-corrected chi connectivity index (χ1v) is 11.5. The third kappa shape index (κ3) is 5.20. The van der Waals surface area contributed by atoms with Gasteiger partial charge in [-0.15, -0.1) is 0 Å². The van der Waals surface area contributed by atoms with Gasteiger partial charge in [-0.3, -0.25) is 4.79 Å². The smallest absolute Gasteiger partial charge is 0.256 e. The summed E-state index contributed by atoms with van der Waals surface area (Å²) in [6, 6.07) is 19.5. The maximum absolute atomic E-state index is 12.8. The van der Waals surface area contributed by atoms with Crippen LogP contribution in [0.1, 0.15) is 22.3 Å². The molecule has 0 saturated heterocycles. The number of aromatic nitrogens is 2. The van der Waals surface area contributed by atoms with Crippen LogP contribution in [0.3, 0.4) is 0 Å². The molecule has 0 radical (unpaired) electrons. The van der Waals surface area contributed by atoms with Crippen molar-refractivity contribution in [3.8, 4) is 34.4 Å². The number of hydrogen-bond donors (Lipinski definition) is 1. The average Bonchev–Trinajstić information content (AvgIpc) is 2.90. The summed E-state index contributed by atoms with van der Waals surface area (Å²) in [5.74, 6) is 2.54. The number of pyridine rings is 2. The summed E-state index contributed by atoms with van der Waals surface area (Å²) in [5.41, 5.74) is 3.05. The van der Waals surface area contributed by atoms with Crippen LogP contribution in [0, 0.1) is 0 Å². The molecule has 2 aromatic heterocycles. The zero-order valence-electron chi connectivity index (χ0n) is 19.0. The Kier molecular flexibility index (Phi) is 6.50. The van der Waals surface area contributed by atoms with Gasteiger partial charge in [0.2, 0.25) is 5.88 Å². The quantitative estimate of drug-likeness (QED) is 0.350. The van der Waals surface area contributed by atoms with Gasteiger partial charge in [0, 0.05) is 29.5 Å². The topological polar surface area (TPSA) is 82.6 Å². The molecule has 0 fully saturated rings. The van der Waals surface area contributed by atoms with E-state index in [-0.39, 0.29) is 5.91 Å². The number of ether oxygens (including phenoxy) is 3. The lowest BCUT2D eigenvalue weighted by molar-refractivity contribution is 0.102. The molecular weight excluding hydrogens is 466 g/mol. The predicted molar refractivity (Wildman–Crippen MR) is 134 cm³/mol. The van der Waals surface area contributed by atoms with E-state index in [9.17, 15) is 4.79 Å². The van der Waals surface area contributed by atoms with Gasteiger partial charge in [-0.1, -0.05) is 17.7 Å². The van der Waals surface area contributed by atoms with Crippen molar-refractivity contribution >= 4 is 23.3 Å². The minimum atomic E-state index is -0.283. The van der Waals surface area contributed by atoms with Gasteiger partial charge in [-0.05, 0) is 66.9 Å². The SMILES string of the molecule is COc1ccc(-c2cccc(NC(=O)c3ccc(Oc4cc5c(cc4Cl)CCCO5)cc3)n2)cn1. The van der Waals surface area contributed by atoms with Crippen molar-refractivity contribution in [2.75, 3.05) is 19.0 Å². The van der Waals surface area contributed by atoms with Gasteiger partial charge in [-0.2, -0.15) is 0 Å². The highest BCUT2D eigenvalue weighted by Gasteiger charge is 2.15. The molecule has 0 unspecified atom stereocenters. The number of rotatable bonds is 6. The standard InChI is InChI=1S/C27H22ClN3O4/c1-33-26-12-9-19(16-29-26)22-5-2-6-25(30-22)31-27(32)17-7-10-20(11-8-17)35-24-15-23-18(14-21(24)28)4-3-13-34-23/h2,5-12,14-16H,3-4,13H2,1H3,(H,30,31,32). The number of nitrogens with zero attached hydrogens (tertiary/aromatic N) is 2. The lowest BCUT2D eigenvalue weighted by Gasteiger charge is -2.19. The van der Waals surface area contributed by atoms with E-state index in [1.165, 1.54) is 0 Å². The summed E-state index contributed by atoms with van der Waals surface area (Å²) in [6.07, 6.45) is 3.59. The summed E-state index contributed by atoms with van der Waals surface area (Å²) in [6.45, 7) is 0.687. The number of fused-ring (bicyclic) bond motifs is 1. The fourth-order valence-corrected chi connectivity index (χ4v) is 3.96. The van der Waals surface area contributed by atoms with E-state index in [1.807, 2.05) is 30.3 Å². The molecule has 0 aliphatic carbocycles. The van der Waals surface area contributed by atoms with E-state index in [4.69, 9.17) is 25.8 Å². The van der Waals surface area contributed by atoms with Gasteiger partial charge in [-0.25, -0.2) is 9.97 Å². The molecule has 1 N–H and O–H groups in total. The second-order valence-electron chi connectivity index (χ2n) is 7.92. The summed E-state index contributed by atoms with van der Waals surface area (Å²) in [5, 5.41) is 3.35. The zero-order valence-corrected chi connectivity index (χ0v) is 19.7. The average molecular weight is 488 g/mol. The molecule has 1 aliphatic rings. The molecule has 0 bridgehead atoms. The fourth-order valence-electron chi connectivity index (χ4n) is 3.74. The summed E-state index contributed by atoms with van der Waals surface area (Å²) >= 11 is 6.39. The summed E-state index contributed by atoms with van der Waals surface area (Å²) in [7, 11) is 1.56. The normalized spacial score (nSPS) is 12.3. The van der Waals surface area contributed by atoms with Crippen LogP contribution in [0.4, 0.5) is 5.82 Å². The Hall–Kier alpha value is -4.10. The van der Waals surface area contributed by atoms with Crippen LogP contribution >= 0.6 is 11.6 Å². The van der Waals surface area contributed by atoms with E-state index >= 15 is 0 Å². The highest BCUT2D eigenvalue weighted by molar-refractivity contribution is 6.32. The number of carbonyl (C=O) groups is 1. The fraction of sp³-hybridized carbons (Fsp3) is 0.148. The molecule has 8 heteroatoms. The molecular formula is C27H22ClN3O4. The first-order chi connectivity index (χ1) is 17.1. The van der Waals surface area contributed by atoms with Gasteiger partial charge >= 0.3 is 0 Å². The lowest BCUT2D eigenvalue weighted by Crippen LogP contribution is -2.13. The second-order valence-corrected chi connectivity index (χ2v) is 8.33. The number of carbonyl (C=O) groups excluding carboxylic acids is 1. The second kappa shape index (κ2) is 10.0. The van der Waals surface area contributed by atoms with Crippen LogP contribution in [0.25, 0.3) is 11.3 Å². The molecule has 4 aromatic rings. The molecule has 1 aliphatic heterocycles. The maximum atomic E-state index is 12.8. The number of halogens is 1.